The molecule has 0 aromatic rings. The molecule has 0 aliphatic rings. The quantitative estimate of drug-likeness (QED) is 0.231. The molecule has 0 saturated carbocycles. The van der Waals surface area contributed by atoms with Crippen LogP contribution in [0.4, 0.5) is 14.4 Å². The van der Waals surface area contributed by atoms with E-state index in [-0.39, 0.29) is 26.1 Å². The van der Waals surface area contributed by atoms with E-state index in [2.05, 4.69) is 21.3 Å². The number of carbonyl (C=O) groups is 4. The number of hydrogen-bond acceptors (Lipinski definition) is 7. The maximum atomic E-state index is 12.4. The minimum atomic E-state index is -1.34. The lowest BCUT2D eigenvalue weighted by molar-refractivity contribution is -0.123. The summed E-state index contributed by atoms with van der Waals surface area (Å²) in [5, 5.41) is 28.3. The van der Waals surface area contributed by atoms with Gasteiger partial charge in [0.05, 0.1) is 12.6 Å². The van der Waals surface area contributed by atoms with Crippen molar-refractivity contribution in [2.75, 3.05) is 19.7 Å². The second-order valence-electron chi connectivity index (χ2n) is 9.53. The molecule has 2 atom stereocenters. The second-order valence-corrected chi connectivity index (χ2v) is 9.53. The Labute approximate surface area is 195 Å². The molecule has 0 saturated heterocycles. The molecule has 6 N–H and O–H groups in total. The Morgan fingerprint density at radius 1 is 0.788 bits per heavy atom. The first-order chi connectivity index (χ1) is 15.1. The molecule has 0 heterocycles. The largest absolute Gasteiger partial charge is 0.465 e. The van der Waals surface area contributed by atoms with Crippen molar-refractivity contribution in [3.63, 3.8) is 0 Å². The van der Waals surface area contributed by atoms with Gasteiger partial charge in [-0.2, -0.15) is 0 Å². The van der Waals surface area contributed by atoms with Crippen molar-refractivity contribution in [2.24, 2.45) is 0 Å². The van der Waals surface area contributed by atoms with Gasteiger partial charge >= 0.3 is 18.3 Å². The third-order valence-electron chi connectivity index (χ3n) is 3.92. The van der Waals surface area contributed by atoms with Gasteiger partial charge in [-0.1, -0.05) is 0 Å². The van der Waals surface area contributed by atoms with E-state index < -0.39 is 47.5 Å². The fourth-order valence-corrected chi connectivity index (χ4v) is 2.60. The van der Waals surface area contributed by atoms with Crippen LogP contribution in [0.1, 0.15) is 67.2 Å². The van der Waals surface area contributed by atoms with Crippen LogP contribution in [0.3, 0.4) is 0 Å². The van der Waals surface area contributed by atoms with Crippen molar-refractivity contribution in [1.82, 2.24) is 21.3 Å². The molecule has 0 fully saturated rings. The van der Waals surface area contributed by atoms with Crippen molar-refractivity contribution in [1.29, 1.82) is 0 Å². The third kappa shape index (κ3) is 17.5. The zero-order valence-corrected chi connectivity index (χ0v) is 20.4. The minimum Gasteiger partial charge on any atom is -0.465 e. The van der Waals surface area contributed by atoms with E-state index in [9.17, 15) is 24.3 Å². The first-order valence-corrected chi connectivity index (χ1v) is 11.0. The summed E-state index contributed by atoms with van der Waals surface area (Å²) in [5.41, 5.74) is -1.29. The summed E-state index contributed by atoms with van der Waals surface area (Å²) < 4.78 is 10.2. The van der Waals surface area contributed by atoms with Crippen LogP contribution in [0.25, 0.3) is 0 Å². The first-order valence-electron chi connectivity index (χ1n) is 11.0. The number of amides is 4. The van der Waals surface area contributed by atoms with Crippen molar-refractivity contribution in [3.8, 4) is 0 Å². The van der Waals surface area contributed by atoms with E-state index in [1.54, 1.807) is 41.5 Å². The molecular formula is C21H40N4O8. The molecule has 0 bridgehead atoms. The SMILES string of the molecule is CC(C)(C)OC(=O)NCCC[C@H](NC(=O)O)C(=O)NCCC[C@@H](CO)NC(=O)OC(C)(C)C. The Bertz CT molecular complexity index is 643. The van der Waals surface area contributed by atoms with Crippen LogP contribution in [-0.2, 0) is 14.3 Å². The monoisotopic (exact) mass is 476 g/mol. The van der Waals surface area contributed by atoms with E-state index in [0.717, 1.165) is 0 Å². The molecule has 0 rings (SSSR count). The summed E-state index contributed by atoms with van der Waals surface area (Å²) in [7, 11) is 0. The van der Waals surface area contributed by atoms with Crippen LogP contribution < -0.4 is 21.3 Å². The number of hydrogen-bond donors (Lipinski definition) is 6. The number of alkyl carbamates (subject to hydrolysis) is 2. The molecule has 12 heteroatoms. The number of ether oxygens (including phenoxy) is 2. The van der Waals surface area contributed by atoms with Crippen molar-refractivity contribution < 1.29 is 38.9 Å². The van der Waals surface area contributed by atoms with Gasteiger partial charge in [-0.05, 0) is 67.2 Å². The highest BCUT2D eigenvalue weighted by Gasteiger charge is 2.22. The number of aliphatic hydroxyl groups is 1. The number of rotatable bonds is 12. The lowest BCUT2D eigenvalue weighted by Gasteiger charge is -2.23. The summed E-state index contributed by atoms with van der Waals surface area (Å²) in [4.78, 5) is 46.8. The molecule has 0 spiro atoms. The number of carboxylic acid groups (broad SMARTS) is 1. The molecule has 0 aromatic heterocycles. The molecule has 4 amide bonds. The molecule has 33 heavy (non-hydrogen) atoms. The fourth-order valence-electron chi connectivity index (χ4n) is 2.60. The van der Waals surface area contributed by atoms with Gasteiger partial charge in [0.15, 0.2) is 0 Å². The predicted octanol–water partition coefficient (Wildman–Crippen LogP) is 1.71. The fraction of sp³-hybridized carbons (Fsp3) is 0.810. The molecular weight excluding hydrogens is 436 g/mol. The average Bonchev–Trinajstić information content (AvgIpc) is 2.63. The van der Waals surface area contributed by atoms with Crippen LogP contribution in [-0.4, -0.2) is 77.4 Å². The Morgan fingerprint density at radius 2 is 1.30 bits per heavy atom. The standard InChI is InChI=1S/C21H40N4O8/c1-20(2,3)32-18(30)23-12-8-10-15(25-17(28)29)16(27)22-11-7-9-14(13-26)24-19(31)33-21(4,5)6/h14-15,25-26H,7-13H2,1-6H3,(H,22,27)(H,23,30)(H,24,31)(H,28,29)/t14-,15-/m0/s1. The van der Waals surface area contributed by atoms with E-state index in [1.165, 1.54) is 0 Å². The van der Waals surface area contributed by atoms with Crippen LogP contribution >= 0.6 is 0 Å². The van der Waals surface area contributed by atoms with Gasteiger partial charge in [-0.3, -0.25) is 4.79 Å². The molecule has 0 aromatic carbocycles. The van der Waals surface area contributed by atoms with Gasteiger partial charge in [0, 0.05) is 13.1 Å². The highest BCUT2D eigenvalue weighted by Crippen LogP contribution is 2.08. The Kier molecular flexibility index (Phi) is 13.2. The number of nitrogens with one attached hydrogen (secondary N) is 4. The lowest BCUT2D eigenvalue weighted by atomic mass is 10.1. The molecule has 0 unspecified atom stereocenters. The van der Waals surface area contributed by atoms with Gasteiger partial charge in [0.25, 0.3) is 0 Å². The van der Waals surface area contributed by atoms with E-state index >= 15 is 0 Å². The predicted molar refractivity (Wildman–Crippen MR) is 121 cm³/mol. The number of carbonyl (C=O) groups excluding carboxylic acids is 3. The van der Waals surface area contributed by atoms with E-state index in [0.29, 0.717) is 19.3 Å². The number of aliphatic hydroxyl groups excluding tert-OH is 1. The van der Waals surface area contributed by atoms with Gasteiger partial charge in [0.2, 0.25) is 5.91 Å². The van der Waals surface area contributed by atoms with Gasteiger partial charge in [-0.25, -0.2) is 14.4 Å². The zero-order chi connectivity index (χ0) is 25.7. The van der Waals surface area contributed by atoms with E-state index in [4.69, 9.17) is 14.6 Å². The summed E-state index contributed by atoms with van der Waals surface area (Å²) in [6.07, 6.45) is -1.22. The van der Waals surface area contributed by atoms with Crippen molar-refractivity contribution in [2.45, 2.75) is 90.5 Å². The second kappa shape index (κ2) is 14.4. The Balaban J connectivity index is 4.40. The first kappa shape index (κ1) is 30.2. The summed E-state index contributed by atoms with van der Waals surface area (Å²) in [5.74, 6) is -0.504. The molecule has 0 radical (unpaired) electrons. The summed E-state index contributed by atoms with van der Waals surface area (Å²) in [6.45, 7) is 10.5. The van der Waals surface area contributed by atoms with Gasteiger partial charge < -0.3 is 41.0 Å². The van der Waals surface area contributed by atoms with Crippen LogP contribution in [0.15, 0.2) is 0 Å². The normalized spacial score (nSPS) is 13.3. The van der Waals surface area contributed by atoms with Crippen LogP contribution in [0.5, 0.6) is 0 Å². The minimum absolute atomic E-state index is 0.174. The van der Waals surface area contributed by atoms with Crippen molar-refractivity contribution in [3.05, 3.63) is 0 Å². The Morgan fingerprint density at radius 3 is 1.82 bits per heavy atom. The summed E-state index contributed by atoms with van der Waals surface area (Å²) in [6, 6.07) is -1.53. The lowest BCUT2D eigenvalue weighted by Crippen LogP contribution is -2.47. The van der Waals surface area contributed by atoms with Crippen LogP contribution in [0, 0.1) is 0 Å². The smallest absolute Gasteiger partial charge is 0.407 e. The third-order valence-corrected chi connectivity index (χ3v) is 3.92. The van der Waals surface area contributed by atoms with E-state index in [1.807, 2.05) is 0 Å². The summed E-state index contributed by atoms with van der Waals surface area (Å²) >= 11 is 0. The zero-order valence-electron chi connectivity index (χ0n) is 20.4. The van der Waals surface area contributed by atoms with Gasteiger partial charge in [-0.15, -0.1) is 0 Å². The molecule has 0 aliphatic carbocycles. The Hall–Kier alpha value is -2.76. The highest BCUT2D eigenvalue weighted by molar-refractivity contribution is 5.85. The maximum Gasteiger partial charge on any atom is 0.407 e. The topological polar surface area (TPSA) is 175 Å². The average molecular weight is 477 g/mol. The van der Waals surface area contributed by atoms with Crippen molar-refractivity contribution >= 4 is 24.2 Å². The van der Waals surface area contributed by atoms with Crippen LogP contribution in [0.2, 0.25) is 0 Å². The molecule has 12 nitrogen and oxygen atoms in total. The maximum absolute atomic E-state index is 12.4. The van der Waals surface area contributed by atoms with Gasteiger partial charge in [0.1, 0.15) is 17.2 Å². The highest BCUT2D eigenvalue weighted by atomic mass is 16.6. The molecule has 0 aliphatic heterocycles. The molecule has 192 valence electrons.